The van der Waals surface area contributed by atoms with Crippen molar-refractivity contribution in [1.82, 2.24) is 9.97 Å². The molecule has 2 aromatic heterocycles. The molecule has 8 heteroatoms. The van der Waals surface area contributed by atoms with Gasteiger partial charge in [-0.3, -0.25) is 15.5 Å². The molecule has 0 amide bonds. The summed E-state index contributed by atoms with van der Waals surface area (Å²) in [5.74, 6) is 5.28. The number of rotatable bonds is 4. The van der Waals surface area contributed by atoms with Crippen molar-refractivity contribution in [1.29, 1.82) is 0 Å². The Kier molecular flexibility index (Phi) is 3.63. The highest BCUT2D eigenvalue weighted by Crippen LogP contribution is 2.21. The average Bonchev–Trinajstić information content (AvgIpc) is 2.41. The molecule has 0 fully saturated rings. The molecule has 4 N–H and O–H groups in total. The molecular weight excluding hydrogens is 266 g/mol. The Morgan fingerprint density at radius 3 is 2.68 bits per heavy atom. The van der Waals surface area contributed by atoms with Crippen molar-refractivity contribution in [3.05, 3.63) is 42.4 Å². The van der Waals surface area contributed by atoms with Crippen LogP contribution in [-0.4, -0.2) is 18.4 Å². The summed E-state index contributed by atoms with van der Waals surface area (Å²) in [5.41, 5.74) is 3.68. The minimum absolute atomic E-state index is 0.166. The number of hydrazine groups is 1. The second kappa shape index (κ2) is 5.21. The number of aryl methyl sites for hydroxylation is 1. The number of aromatic nitrogens is 2. The Morgan fingerprint density at radius 1 is 1.21 bits per heavy atom. The van der Waals surface area contributed by atoms with Crippen LogP contribution in [0.3, 0.4) is 0 Å². The van der Waals surface area contributed by atoms with Crippen molar-refractivity contribution in [2.45, 2.75) is 11.9 Å². The molecule has 0 radical (unpaired) electrons. The summed E-state index contributed by atoms with van der Waals surface area (Å²) in [6, 6.07) is 4.82. The van der Waals surface area contributed by atoms with Gasteiger partial charge in [-0.1, -0.05) is 0 Å². The van der Waals surface area contributed by atoms with Crippen molar-refractivity contribution in [2.24, 2.45) is 5.84 Å². The summed E-state index contributed by atoms with van der Waals surface area (Å²) < 4.78 is 26.9. The van der Waals surface area contributed by atoms with Crippen LogP contribution in [0.4, 0.5) is 11.4 Å². The number of nitrogens with one attached hydrogen (secondary N) is 2. The SMILES string of the molecule is Cc1ccncc1NS(=O)(=O)c1ncccc1NN. The molecule has 2 rings (SSSR count). The smallest absolute Gasteiger partial charge is 0.281 e. The first-order chi connectivity index (χ1) is 9.04. The number of hydrogen-bond acceptors (Lipinski definition) is 6. The fraction of sp³-hybridized carbons (Fsp3) is 0.0909. The molecule has 0 aliphatic carbocycles. The quantitative estimate of drug-likeness (QED) is 0.566. The maximum absolute atomic E-state index is 12.2. The van der Waals surface area contributed by atoms with Gasteiger partial charge in [-0.25, -0.2) is 4.98 Å². The normalized spacial score (nSPS) is 11.1. The van der Waals surface area contributed by atoms with Gasteiger partial charge in [-0.2, -0.15) is 8.42 Å². The number of nitrogens with two attached hydrogens (primary N) is 1. The molecule has 0 aliphatic heterocycles. The van der Waals surface area contributed by atoms with E-state index in [2.05, 4.69) is 20.1 Å². The number of sulfonamides is 1. The topological polar surface area (TPSA) is 110 Å². The van der Waals surface area contributed by atoms with Crippen LogP contribution in [0.1, 0.15) is 5.56 Å². The molecule has 0 unspecified atom stereocenters. The zero-order valence-corrected chi connectivity index (χ0v) is 11.0. The second-order valence-corrected chi connectivity index (χ2v) is 5.39. The molecule has 19 heavy (non-hydrogen) atoms. The molecule has 0 saturated heterocycles. The first kappa shape index (κ1) is 13.2. The fourth-order valence-electron chi connectivity index (χ4n) is 1.48. The van der Waals surface area contributed by atoms with E-state index in [1.807, 2.05) is 0 Å². The standard InChI is InChI=1S/C11H13N5O2S/c1-8-4-6-13-7-10(8)16-19(17,18)11-9(15-12)3-2-5-14-11/h2-7,15-16H,12H2,1H3. The minimum atomic E-state index is -3.82. The molecule has 0 spiro atoms. The van der Waals surface area contributed by atoms with Crippen LogP contribution in [0.25, 0.3) is 0 Å². The molecule has 0 atom stereocenters. The van der Waals surface area contributed by atoms with E-state index >= 15 is 0 Å². The molecular formula is C11H13N5O2S. The van der Waals surface area contributed by atoms with Gasteiger partial charge in [0.15, 0.2) is 0 Å². The van der Waals surface area contributed by atoms with Gasteiger partial charge in [-0.05, 0) is 30.7 Å². The van der Waals surface area contributed by atoms with Crippen LogP contribution < -0.4 is 16.0 Å². The van der Waals surface area contributed by atoms with Crippen LogP contribution in [0, 0.1) is 6.92 Å². The third-order valence-corrected chi connectivity index (χ3v) is 3.79. The summed E-state index contributed by atoms with van der Waals surface area (Å²) >= 11 is 0. The van der Waals surface area contributed by atoms with Crippen molar-refractivity contribution in [3.63, 3.8) is 0 Å². The lowest BCUT2D eigenvalue weighted by Gasteiger charge is -2.11. The minimum Gasteiger partial charge on any atom is -0.321 e. The van der Waals surface area contributed by atoms with Gasteiger partial charge in [0.2, 0.25) is 5.03 Å². The highest BCUT2D eigenvalue weighted by Gasteiger charge is 2.20. The van der Waals surface area contributed by atoms with Crippen LogP contribution in [0.15, 0.2) is 41.8 Å². The third kappa shape index (κ3) is 2.80. The third-order valence-electron chi connectivity index (χ3n) is 2.46. The van der Waals surface area contributed by atoms with Crippen LogP contribution in [0.5, 0.6) is 0 Å². The first-order valence-electron chi connectivity index (χ1n) is 5.39. The Balaban J connectivity index is 2.41. The van der Waals surface area contributed by atoms with Gasteiger partial charge < -0.3 is 5.43 Å². The van der Waals surface area contributed by atoms with E-state index in [1.165, 1.54) is 18.5 Å². The van der Waals surface area contributed by atoms with E-state index in [9.17, 15) is 8.42 Å². The van der Waals surface area contributed by atoms with Gasteiger partial charge in [0.25, 0.3) is 10.0 Å². The molecule has 0 saturated carbocycles. The molecule has 0 aliphatic rings. The van der Waals surface area contributed by atoms with Crippen LogP contribution in [0.2, 0.25) is 0 Å². The van der Waals surface area contributed by atoms with Gasteiger partial charge in [0.05, 0.1) is 17.6 Å². The fourth-order valence-corrected chi connectivity index (χ4v) is 2.69. The van der Waals surface area contributed by atoms with Gasteiger partial charge in [0, 0.05) is 12.4 Å². The van der Waals surface area contributed by atoms with Crippen molar-refractivity contribution >= 4 is 21.4 Å². The van der Waals surface area contributed by atoms with Crippen LogP contribution in [-0.2, 0) is 10.0 Å². The Hall–Kier alpha value is -2.19. The number of hydrogen-bond donors (Lipinski definition) is 3. The lowest BCUT2D eigenvalue weighted by atomic mass is 10.3. The largest absolute Gasteiger partial charge is 0.321 e. The van der Waals surface area contributed by atoms with Crippen molar-refractivity contribution in [2.75, 3.05) is 10.1 Å². The molecule has 7 nitrogen and oxygen atoms in total. The van der Waals surface area contributed by atoms with E-state index < -0.39 is 10.0 Å². The maximum Gasteiger partial charge on any atom is 0.281 e. The first-order valence-corrected chi connectivity index (χ1v) is 6.88. The predicted molar refractivity (Wildman–Crippen MR) is 71.8 cm³/mol. The van der Waals surface area contributed by atoms with E-state index in [1.54, 1.807) is 25.3 Å². The molecule has 2 heterocycles. The van der Waals surface area contributed by atoms with E-state index in [4.69, 9.17) is 5.84 Å². The Morgan fingerprint density at radius 2 is 2.00 bits per heavy atom. The number of nitrogens with zero attached hydrogens (tertiary/aromatic N) is 2. The zero-order chi connectivity index (χ0) is 13.9. The van der Waals surface area contributed by atoms with E-state index in [0.29, 0.717) is 5.69 Å². The summed E-state index contributed by atoms with van der Waals surface area (Å²) in [6.45, 7) is 1.78. The highest BCUT2D eigenvalue weighted by molar-refractivity contribution is 7.92. The monoisotopic (exact) mass is 279 g/mol. The summed E-state index contributed by atoms with van der Waals surface area (Å²) in [6.07, 6.45) is 4.40. The Bertz CT molecular complexity index is 687. The predicted octanol–water partition coefficient (Wildman–Crippen LogP) is 0.871. The summed E-state index contributed by atoms with van der Waals surface area (Å²) in [7, 11) is -3.82. The van der Waals surface area contributed by atoms with Gasteiger partial charge >= 0.3 is 0 Å². The van der Waals surface area contributed by atoms with E-state index in [0.717, 1.165) is 5.56 Å². The molecule has 100 valence electrons. The van der Waals surface area contributed by atoms with Crippen LogP contribution >= 0.6 is 0 Å². The molecule has 2 aromatic rings. The zero-order valence-electron chi connectivity index (χ0n) is 10.2. The summed E-state index contributed by atoms with van der Waals surface area (Å²) in [4.78, 5) is 7.71. The summed E-state index contributed by atoms with van der Waals surface area (Å²) in [5, 5.41) is -0.166. The number of pyridine rings is 2. The lowest BCUT2D eigenvalue weighted by Crippen LogP contribution is -2.19. The molecule has 0 aromatic carbocycles. The molecule has 0 bridgehead atoms. The number of anilines is 2. The van der Waals surface area contributed by atoms with E-state index in [-0.39, 0.29) is 10.7 Å². The van der Waals surface area contributed by atoms with Gasteiger partial charge in [-0.15, -0.1) is 0 Å². The number of nitrogen functional groups attached to an aromatic ring is 1. The Labute approximate surface area is 110 Å². The second-order valence-electron chi connectivity index (χ2n) is 3.80. The highest BCUT2D eigenvalue weighted by atomic mass is 32.2. The van der Waals surface area contributed by atoms with Gasteiger partial charge in [0.1, 0.15) is 0 Å². The maximum atomic E-state index is 12.2. The average molecular weight is 279 g/mol. The van der Waals surface area contributed by atoms with Crippen molar-refractivity contribution in [3.8, 4) is 0 Å². The van der Waals surface area contributed by atoms with Crippen molar-refractivity contribution < 1.29 is 8.42 Å². The lowest BCUT2D eigenvalue weighted by molar-refractivity contribution is 0.598.